The van der Waals surface area contributed by atoms with E-state index >= 15 is 0 Å². The monoisotopic (exact) mass is 409 g/mol. The predicted octanol–water partition coefficient (Wildman–Crippen LogP) is 3.35. The average molecular weight is 410 g/mol. The largest absolute Gasteiger partial charge is 0.352 e. The number of amides is 2. The quantitative estimate of drug-likeness (QED) is 0.633. The lowest BCUT2D eigenvalue weighted by Gasteiger charge is -2.27. The van der Waals surface area contributed by atoms with Crippen molar-refractivity contribution in [2.75, 3.05) is 20.6 Å². The van der Waals surface area contributed by atoms with E-state index in [1.807, 2.05) is 58.3 Å². The van der Waals surface area contributed by atoms with Gasteiger partial charge in [-0.05, 0) is 43.1 Å². The minimum atomic E-state index is -0.563. The Kier molecular flexibility index (Phi) is 9.06. The lowest BCUT2D eigenvalue weighted by Crippen LogP contribution is -2.51. The van der Waals surface area contributed by atoms with Crippen molar-refractivity contribution in [2.24, 2.45) is 5.92 Å². The van der Waals surface area contributed by atoms with Gasteiger partial charge in [0.05, 0.1) is 12.5 Å². The zero-order valence-corrected chi connectivity index (χ0v) is 18.8. The van der Waals surface area contributed by atoms with Crippen molar-refractivity contribution in [1.82, 2.24) is 15.5 Å². The molecular formula is C25H35N3O2. The van der Waals surface area contributed by atoms with Crippen molar-refractivity contribution in [3.05, 3.63) is 71.3 Å². The summed E-state index contributed by atoms with van der Waals surface area (Å²) in [4.78, 5) is 27.4. The predicted molar refractivity (Wildman–Crippen MR) is 122 cm³/mol. The van der Waals surface area contributed by atoms with Gasteiger partial charge in [-0.3, -0.25) is 9.59 Å². The van der Waals surface area contributed by atoms with Gasteiger partial charge in [0.1, 0.15) is 6.04 Å². The fraction of sp³-hybridized carbons (Fsp3) is 0.440. The van der Waals surface area contributed by atoms with Gasteiger partial charge in [0.15, 0.2) is 0 Å². The summed E-state index contributed by atoms with van der Waals surface area (Å²) in [5.74, 6) is -0.302. The minimum absolute atomic E-state index is 0.00799. The molecule has 0 fully saturated rings. The van der Waals surface area contributed by atoms with Crippen LogP contribution in [-0.4, -0.2) is 43.4 Å². The van der Waals surface area contributed by atoms with Crippen LogP contribution in [0.2, 0.25) is 0 Å². The lowest BCUT2D eigenvalue weighted by atomic mass is 10.0. The molecule has 0 aliphatic rings. The zero-order valence-electron chi connectivity index (χ0n) is 18.8. The van der Waals surface area contributed by atoms with Gasteiger partial charge in [-0.25, -0.2) is 0 Å². The highest BCUT2D eigenvalue weighted by molar-refractivity contribution is 5.88. The van der Waals surface area contributed by atoms with Crippen molar-refractivity contribution in [2.45, 2.75) is 45.7 Å². The van der Waals surface area contributed by atoms with E-state index in [9.17, 15) is 9.59 Å². The van der Waals surface area contributed by atoms with Crippen LogP contribution in [0.5, 0.6) is 0 Å². The Morgan fingerprint density at radius 1 is 0.933 bits per heavy atom. The first kappa shape index (κ1) is 23.6. The van der Waals surface area contributed by atoms with Crippen LogP contribution in [0.25, 0.3) is 0 Å². The van der Waals surface area contributed by atoms with Gasteiger partial charge in [-0.2, -0.15) is 0 Å². The highest BCUT2D eigenvalue weighted by Gasteiger charge is 2.25. The standard InChI is InChI=1S/C25H35N3O2/c1-6-19-12-14-21(15-13-19)22(28(4)5)17-26-25(30)24(18(2)3)27-23(29)16-20-10-8-7-9-11-20/h7-15,18,22,24H,6,16-17H2,1-5H3,(H,26,30)(H,27,29)/t22-,24-/m0/s1. The van der Waals surface area contributed by atoms with Crippen LogP contribution in [0, 0.1) is 5.92 Å². The molecule has 0 bridgehead atoms. The molecule has 0 spiro atoms. The van der Waals surface area contributed by atoms with E-state index in [-0.39, 0.29) is 30.2 Å². The van der Waals surface area contributed by atoms with Crippen molar-refractivity contribution in [3.8, 4) is 0 Å². The van der Waals surface area contributed by atoms with Gasteiger partial charge in [0, 0.05) is 6.54 Å². The van der Waals surface area contributed by atoms with Crippen molar-refractivity contribution < 1.29 is 9.59 Å². The summed E-state index contributed by atoms with van der Waals surface area (Å²) < 4.78 is 0. The summed E-state index contributed by atoms with van der Waals surface area (Å²) in [6.07, 6.45) is 1.27. The van der Waals surface area contributed by atoms with Crippen LogP contribution >= 0.6 is 0 Å². The van der Waals surface area contributed by atoms with Crippen molar-refractivity contribution in [1.29, 1.82) is 0 Å². The highest BCUT2D eigenvalue weighted by Crippen LogP contribution is 2.18. The fourth-order valence-corrected chi connectivity index (χ4v) is 3.42. The summed E-state index contributed by atoms with van der Waals surface area (Å²) >= 11 is 0. The molecular weight excluding hydrogens is 374 g/mol. The van der Waals surface area contributed by atoms with Crippen molar-refractivity contribution in [3.63, 3.8) is 0 Å². The Labute approximate surface area is 180 Å². The SMILES string of the molecule is CCc1ccc([C@H](CNC(=O)[C@@H](NC(=O)Cc2ccccc2)C(C)C)N(C)C)cc1. The third kappa shape index (κ3) is 6.99. The van der Waals surface area contributed by atoms with Crippen LogP contribution in [0.3, 0.4) is 0 Å². The normalized spacial score (nSPS) is 13.2. The van der Waals surface area contributed by atoms with Gasteiger partial charge in [0.25, 0.3) is 0 Å². The Bertz CT molecular complexity index is 801. The molecule has 162 valence electrons. The van der Waals surface area contributed by atoms with E-state index in [1.54, 1.807) is 0 Å². The van der Waals surface area contributed by atoms with E-state index in [0.29, 0.717) is 6.54 Å². The van der Waals surface area contributed by atoms with E-state index in [1.165, 1.54) is 5.56 Å². The van der Waals surface area contributed by atoms with Crippen LogP contribution in [-0.2, 0) is 22.4 Å². The number of hydrogen-bond acceptors (Lipinski definition) is 3. The number of nitrogens with one attached hydrogen (secondary N) is 2. The molecule has 2 atom stereocenters. The molecule has 2 rings (SSSR count). The summed E-state index contributed by atoms with van der Waals surface area (Å²) in [6.45, 7) is 6.51. The molecule has 5 nitrogen and oxygen atoms in total. The molecule has 2 aromatic rings. The fourth-order valence-electron chi connectivity index (χ4n) is 3.42. The molecule has 0 aliphatic carbocycles. The van der Waals surface area contributed by atoms with Crippen molar-refractivity contribution >= 4 is 11.8 Å². The molecule has 2 aromatic carbocycles. The molecule has 0 aromatic heterocycles. The third-order valence-electron chi connectivity index (χ3n) is 5.34. The molecule has 0 unspecified atom stereocenters. The highest BCUT2D eigenvalue weighted by atomic mass is 16.2. The maximum atomic E-state index is 12.9. The number of aryl methyl sites for hydroxylation is 1. The second-order valence-corrected chi connectivity index (χ2v) is 8.27. The lowest BCUT2D eigenvalue weighted by molar-refractivity contribution is -0.129. The van der Waals surface area contributed by atoms with E-state index in [0.717, 1.165) is 17.5 Å². The number of rotatable bonds is 10. The molecule has 0 aliphatic heterocycles. The van der Waals surface area contributed by atoms with Gasteiger partial charge < -0.3 is 15.5 Å². The molecule has 2 amide bonds. The van der Waals surface area contributed by atoms with E-state index in [4.69, 9.17) is 0 Å². The maximum Gasteiger partial charge on any atom is 0.242 e. The van der Waals surface area contributed by atoms with Gasteiger partial charge in [0.2, 0.25) is 11.8 Å². The van der Waals surface area contributed by atoms with E-state index in [2.05, 4.69) is 46.7 Å². The van der Waals surface area contributed by atoms with Crippen LogP contribution in [0.1, 0.15) is 43.5 Å². The number of carbonyl (C=O) groups is 2. The first-order chi connectivity index (χ1) is 14.3. The summed E-state index contributed by atoms with van der Waals surface area (Å²) in [7, 11) is 4.01. The Balaban J connectivity index is 1.99. The van der Waals surface area contributed by atoms with Crippen LogP contribution in [0.15, 0.2) is 54.6 Å². The topological polar surface area (TPSA) is 61.4 Å². The summed E-state index contributed by atoms with van der Waals surface area (Å²) in [5, 5.41) is 5.95. The number of likely N-dealkylation sites (N-methyl/N-ethyl adjacent to an activating group) is 1. The van der Waals surface area contributed by atoms with Gasteiger partial charge in [-0.15, -0.1) is 0 Å². The summed E-state index contributed by atoms with van der Waals surface area (Å²) in [6, 6.07) is 17.6. The number of hydrogen-bond donors (Lipinski definition) is 2. The van der Waals surface area contributed by atoms with Crippen LogP contribution < -0.4 is 10.6 Å². The molecule has 5 heteroatoms. The number of benzene rings is 2. The summed E-state index contributed by atoms with van der Waals surface area (Å²) in [5.41, 5.74) is 3.38. The Hall–Kier alpha value is -2.66. The molecule has 0 saturated heterocycles. The Morgan fingerprint density at radius 3 is 2.10 bits per heavy atom. The molecule has 0 radical (unpaired) electrons. The third-order valence-corrected chi connectivity index (χ3v) is 5.34. The van der Waals surface area contributed by atoms with Gasteiger partial charge >= 0.3 is 0 Å². The van der Waals surface area contributed by atoms with Gasteiger partial charge in [-0.1, -0.05) is 75.4 Å². The Morgan fingerprint density at radius 2 is 1.57 bits per heavy atom. The zero-order chi connectivity index (χ0) is 22.1. The molecule has 30 heavy (non-hydrogen) atoms. The van der Waals surface area contributed by atoms with Crippen LogP contribution in [0.4, 0.5) is 0 Å². The minimum Gasteiger partial charge on any atom is -0.352 e. The first-order valence-electron chi connectivity index (χ1n) is 10.7. The molecule has 0 heterocycles. The number of carbonyl (C=O) groups excluding carboxylic acids is 2. The molecule has 2 N–H and O–H groups in total. The second kappa shape index (κ2) is 11.5. The maximum absolute atomic E-state index is 12.9. The number of nitrogens with zero attached hydrogens (tertiary/aromatic N) is 1. The second-order valence-electron chi connectivity index (χ2n) is 8.27. The average Bonchev–Trinajstić information content (AvgIpc) is 2.72. The molecule has 0 saturated carbocycles. The smallest absolute Gasteiger partial charge is 0.242 e. The van der Waals surface area contributed by atoms with E-state index < -0.39 is 6.04 Å². The first-order valence-corrected chi connectivity index (χ1v) is 10.7.